The number of anilines is 1. The van der Waals surface area contributed by atoms with Gasteiger partial charge in [0.1, 0.15) is 5.52 Å². The van der Waals surface area contributed by atoms with Crippen LogP contribution in [0.25, 0.3) is 11.1 Å². The zero-order valence-electron chi connectivity index (χ0n) is 16.5. The first-order valence-corrected chi connectivity index (χ1v) is 10.1. The molecule has 1 saturated heterocycles. The van der Waals surface area contributed by atoms with E-state index in [-0.39, 0.29) is 17.9 Å². The van der Waals surface area contributed by atoms with Gasteiger partial charge in [-0.1, -0.05) is 43.3 Å². The van der Waals surface area contributed by atoms with Crippen molar-refractivity contribution in [2.24, 2.45) is 5.92 Å². The molecule has 2 aromatic carbocycles. The van der Waals surface area contributed by atoms with E-state index in [4.69, 9.17) is 4.42 Å². The molecule has 1 atom stereocenters. The molecule has 1 aliphatic heterocycles. The fourth-order valence-electron chi connectivity index (χ4n) is 3.78. The number of carbonyl (C=O) groups is 1. The average Bonchev–Trinajstić information content (AvgIpc) is 3.18. The van der Waals surface area contributed by atoms with E-state index in [0.29, 0.717) is 6.01 Å². The Labute approximate surface area is 165 Å². The number of benzene rings is 2. The molecule has 0 bridgehead atoms. The minimum atomic E-state index is 0.0217. The molecule has 1 amide bonds. The predicted molar refractivity (Wildman–Crippen MR) is 111 cm³/mol. The number of aryl methyl sites for hydroxylation is 1. The van der Waals surface area contributed by atoms with Gasteiger partial charge < -0.3 is 14.6 Å². The van der Waals surface area contributed by atoms with Gasteiger partial charge in [0, 0.05) is 19.0 Å². The molecule has 4 rings (SSSR count). The van der Waals surface area contributed by atoms with Crippen LogP contribution in [0.4, 0.5) is 6.01 Å². The second kappa shape index (κ2) is 8.05. The normalized spacial score (nSPS) is 16.3. The molecule has 0 aliphatic carbocycles. The lowest BCUT2D eigenvalue weighted by Gasteiger charge is -2.30. The molecule has 1 aliphatic rings. The Bertz CT molecular complexity index is 907. The van der Waals surface area contributed by atoms with Crippen molar-refractivity contribution in [1.29, 1.82) is 0 Å². The molecule has 1 unspecified atom stereocenters. The lowest BCUT2D eigenvalue weighted by Crippen LogP contribution is -2.41. The maximum atomic E-state index is 12.7. The van der Waals surface area contributed by atoms with Crippen LogP contribution in [0.1, 0.15) is 43.9 Å². The summed E-state index contributed by atoms with van der Waals surface area (Å²) in [6.07, 6.45) is 2.65. The summed E-state index contributed by atoms with van der Waals surface area (Å²) in [4.78, 5) is 19.4. The summed E-state index contributed by atoms with van der Waals surface area (Å²) < 4.78 is 5.86. The quantitative estimate of drug-likeness (QED) is 0.712. The van der Waals surface area contributed by atoms with Crippen LogP contribution >= 0.6 is 0 Å². The number of oxazole rings is 1. The highest BCUT2D eigenvalue weighted by Gasteiger charge is 2.28. The number of hydrogen-bond donors (Lipinski definition) is 1. The van der Waals surface area contributed by atoms with Crippen LogP contribution in [0.3, 0.4) is 0 Å². The summed E-state index contributed by atoms with van der Waals surface area (Å²) in [6, 6.07) is 17.0. The van der Waals surface area contributed by atoms with E-state index >= 15 is 0 Å². The minimum absolute atomic E-state index is 0.0217. The number of para-hydroxylation sites is 2. The van der Waals surface area contributed by atoms with E-state index in [1.54, 1.807) is 0 Å². The first kappa shape index (κ1) is 18.5. The molecular weight excluding hydrogens is 350 g/mol. The van der Waals surface area contributed by atoms with Crippen LogP contribution in [0, 0.1) is 5.92 Å². The van der Waals surface area contributed by atoms with Crippen LogP contribution in [0.15, 0.2) is 52.9 Å². The van der Waals surface area contributed by atoms with E-state index in [1.807, 2.05) is 31.2 Å². The number of amides is 1. The van der Waals surface area contributed by atoms with Crippen molar-refractivity contribution in [3.8, 4) is 0 Å². The number of piperidine rings is 1. The third-order valence-electron chi connectivity index (χ3n) is 5.67. The number of carbonyl (C=O) groups excluding carboxylic acids is 1. The van der Waals surface area contributed by atoms with Gasteiger partial charge in [-0.3, -0.25) is 4.79 Å². The van der Waals surface area contributed by atoms with Crippen molar-refractivity contribution in [3.05, 3.63) is 59.7 Å². The number of nitrogens with one attached hydrogen (secondary N) is 1. The number of hydrogen-bond acceptors (Lipinski definition) is 4. The SMILES string of the molecule is CCc1ccc(C(C)NC(=O)C2CCN(c3nc4ccccc4o3)CC2)cc1. The predicted octanol–water partition coefficient (Wildman–Crippen LogP) is 4.48. The van der Waals surface area contributed by atoms with Crippen LogP contribution < -0.4 is 10.2 Å². The lowest BCUT2D eigenvalue weighted by molar-refractivity contribution is -0.126. The average molecular weight is 377 g/mol. The van der Waals surface area contributed by atoms with Gasteiger partial charge >= 0.3 is 0 Å². The zero-order valence-corrected chi connectivity index (χ0v) is 16.5. The minimum Gasteiger partial charge on any atom is -0.423 e. The van der Waals surface area contributed by atoms with Gasteiger partial charge in [-0.15, -0.1) is 0 Å². The Hall–Kier alpha value is -2.82. The third-order valence-corrected chi connectivity index (χ3v) is 5.67. The van der Waals surface area contributed by atoms with Crippen LogP contribution in [-0.2, 0) is 11.2 Å². The smallest absolute Gasteiger partial charge is 0.298 e. The van der Waals surface area contributed by atoms with Crippen LogP contribution in [0.5, 0.6) is 0 Å². The fourth-order valence-corrected chi connectivity index (χ4v) is 3.78. The molecule has 28 heavy (non-hydrogen) atoms. The lowest BCUT2D eigenvalue weighted by atomic mass is 9.95. The highest BCUT2D eigenvalue weighted by Crippen LogP contribution is 2.27. The molecular formula is C23H27N3O2. The Morgan fingerprint density at radius 1 is 1.18 bits per heavy atom. The zero-order chi connectivity index (χ0) is 19.5. The second-order valence-electron chi connectivity index (χ2n) is 7.55. The maximum absolute atomic E-state index is 12.7. The van der Waals surface area contributed by atoms with E-state index < -0.39 is 0 Å². The van der Waals surface area contributed by atoms with Gasteiger partial charge in [0.2, 0.25) is 5.91 Å². The monoisotopic (exact) mass is 377 g/mol. The number of fused-ring (bicyclic) bond motifs is 1. The summed E-state index contributed by atoms with van der Waals surface area (Å²) in [7, 11) is 0. The topological polar surface area (TPSA) is 58.4 Å². The second-order valence-corrected chi connectivity index (χ2v) is 7.55. The Morgan fingerprint density at radius 2 is 1.89 bits per heavy atom. The van der Waals surface area contributed by atoms with Crippen molar-refractivity contribution in [1.82, 2.24) is 10.3 Å². The Kier molecular flexibility index (Phi) is 5.33. The number of aromatic nitrogens is 1. The van der Waals surface area contributed by atoms with Crippen molar-refractivity contribution < 1.29 is 9.21 Å². The standard InChI is InChI=1S/C23H27N3O2/c1-3-17-8-10-18(11-9-17)16(2)24-22(27)19-12-14-26(15-13-19)23-25-20-6-4-5-7-21(20)28-23/h4-11,16,19H,3,12-15H2,1-2H3,(H,24,27). The molecule has 0 saturated carbocycles. The van der Waals surface area contributed by atoms with E-state index in [2.05, 4.69) is 46.4 Å². The molecule has 0 spiro atoms. The molecule has 146 valence electrons. The summed E-state index contributed by atoms with van der Waals surface area (Å²) in [5.41, 5.74) is 4.14. The number of nitrogens with zero attached hydrogens (tertiary/aromatic N) is 2. The van der Waals surface area contributed by atoms with Gasteiger partial charge in [0.25, 0.3) is 6.01 Å². The maximum Gasteiger partial charge on any atom is 0.298 e. The number of rotatable bonds is 5. The molecule has 1 aromatic heterocycles. The molecule has 2 heterocycles. The molecule has 5 nitrogen and oxygen atoms in total. The molecule has 5 heteroatoms. The largest absolute Gasteiger partial charge is 0.423 e. The first-order chi connectivity index (χ1) is 13.6. The molecule has 1 fully saturated rings. The summed E-state index contributed by atoms with van der Waals surface area (Å²) in [5.74, 6) is 0.183. The van der Waals surface area contributed by atoms with Crippen molar-refractivity contribution >= 4 is 23.0 Å². The van der Waals surface area contributed by atoms with E-state index in [0.717, 1.165) is 49.0 Å². The van der Waals surface area contributed by atoms with Crippen LogP contribution in [-0.4, -0.2) is 24.0 Å². The summed E-state index contributed by atoms with van der Waals surface area (Å²) >= 11 is 0. The first-order valence-electron chi connectivity index (χ1n) is 10.1. The summed E-state index contributed by atoms with van der Waals surface area (Å²) in [5, 5.41) is 3.18. The van der Waals surface area contributed by atoms with E-state index in [1.165, 1.54) is 5.56 Å². The van der Waals surface area contributed by atoms with Gasteiger partial charge in [-0.05, 0) is 49.4 Å². The highest BCUT2D eigenvalue weighted by atomic mass is 16.4. The fraction of sp³-hybridized carbons (Fsp3) is 0.391. The Morgan fingerprint density at radius 3 is 2.57 bits per heavy atom. The summed E-state index contributed by atoms with van der Waals surface area (Å²) in [6.45, 7) is 5.76. The molecule has 1 N–H and O–H groups in total. The Balaban J connectivity index is 1.33. The van der Waals surface area contributed by atoms with Gasteiger partial charge in [0.15, 0.2) is 5.58 Å². The van der Waals surface area contributed by atoms with Gasteiger partial charge in [0.05, 0.1) is 6.04 Å². The molecule has 0 radical (unpaired) electrons. The van der Waals surface area contributed by atoms with Crippen molar-refractivity contribution in [3.63, 3.8) is 0 Å². The van der Waals surface area contributed by atoms with Crippen LogP contribution in [0.2, 0.25) is 0 Å². The van der Waals surface area contributed by atoms with Crippen molar-refractivity contribution in [2.45, 2.75) is 39.2 Å². The van der Waals surface area contributed by atoms with Gasteiger partial charge in [-0.2, -0.15) is 4.98 Å². The van der Waals surface area contributed by atoms with Crippen molar-refractivity contribution in [2.75, 3.05) is 18.0 Å². The highest BCUT2D eigenvalue weighted by molar-refractivity contribution is 5.79. The van der Waals surface area contributed by atoms with E-state index in [9.17, 15) is 4.79 Å². The third kappa shape index (κ3) is 3.88. The molecule has 3 aromatic rings. The van der Waals surface area contributed by atoms with Gasteiger partial charge in [-0.25, -0.2) is 0 Å².